The highest BCUT2D eigenvalue weighted by atomic mass is 19.1. The summed E-state index contributed by atoms with van der Waals surface area (Å²) in [7, 11) is 0. The molecule has 2 aliphatic rings. The van der Waals surface area contributed by atoms with Gasteiger partial charge in [-0.2, -0.15) is 0 Å². The van der Waals surface area contributed by atoms with Crippen LogP contribution in [0.3, 0.4) is 0 Å². The molecule has 12 heavy (non-hydrogen) atoms. The van der Waals surface area contributed by atoms with Crippen molar-refractivity contribution in [2.24, 2.45) is 11.8 Å². The molecule has 1 heterocycles. The zero-order valence-electron chi connectivity index (χ0n) is 6.63. The van der Waals surface area contributed by atoms with Gasteiger partial charge in [-0.05, 0) is 12.2 Å². The molecule has 1 nitrogen and oxygen atoms in total. The van der Waals surface area contributed by atoms with Crippen molar-refractivity contribution >= 4 is 0 Å². The average molecular weight is 163 g/mol. The lowest BCUT2D eigenvalue weighted by molar-refractivity contribution is 0.556. The third-order valence-electron chi connectivity index (χ3n) is 2.08. The molecule has 2 radical (unpaired) electrons. The third-order valence-corrected chi connectivity index (χ3v) is 2.08. The van der Waals surface area contributed by atoms with E-state index < -0.39 is 0 Å². The van der Waals surface area contributed by atoms with Crippen LogP contribution in [0.4, 0.5) is 4.39 Å². The van der Waals surface area contributed by atoms with Gasteiger partial charge in [0.1, 0.15) is 5.83 Å². The first-order valence-corrected chi connectivity index (χ1v) is 4.07. The molecule has 1 N–H and O–H groups in total. The molecule has 2 unspecified atom stereocenters. The fourth-order valence-electron chi connectivity index (χ4n) is 1.45. The second-order valence-electron chi connectivity index (χ2n) is 2.97. The van der Waals surface area contributed by atoms with Gasteiger partial charge >= 0.3 is 0 Å². The SMILES string of the molecule is FC1=CC2C=CCN[C]C2C=C1. The van der Waals surface area contributed by atoms with E-state index in [0.29, 0.717) is 0 Å². The van der Waals surface area contributed by atoms with Crippen molar-refractivity contribution in [1.29, 1.82) is 0 Å². The van der Waals surface area contributed by atoms with Gasteiger partial charge < -0.3 is 5.32 Å². The van der Waals surface area contributed by atoms with Crippen LogP contribution in [0.2, 0.25) is 0 Å². The molecule has 2 rings (SSSR count). The number of rotatable bonds is 0. The number of halogens is 1. The summed E-state index contributed by atoms with van der Waals surface area (Å²) in [4.78, 5) is 0. The summed E-state index contributed by atoms with van der Waals surface area (Å²) in [6, 6.07) is 0. The summed E-state index contributed by atoms with van der Waals surface area (Å²) in [5, 5.41) is 3.02. The Morgan fingerprint density at radius 2 is 2.42 bits per heavy atom. The zero-order valence-corrected chi connectivity index (χ0v) is 6.63. The monoisotopic (exact) mass is 163 g/mol. The maximum Gasteiger partial charge on any atom is 0.119 e. The van der Waals surface area contributed by atoms with Gasteiger partial charge in [0.25, 0.3) is 0 Å². The van der Waals surface area contributed by atoms with E-state index in [2.05, 4.69) is 11.9 Å². The van der Waals surface area contributed by atoms with E-state index in [1.54, 1.807) is 6.08 Å². The van der Waals surface area contributed by atoms with E-state index in [4.69, 9.17) is 0 Å². The van der Waals surface area contributed by atoms with Crippen molar-refractivity contribution in [1.82, 2.24) is 5.32 Å². The Morgan fingerprint density at radius 1 is 1.50 bits per heavy atom. The highest BCUT2D eigenvalue weighted by Crippen LogP contribution is 2.27. The largest absolute Gasteiger partial charge is 0.304 e. The Bertz CT molecular complexity index is 253. The molecule has 0 saturated carbocycles. The lowest BCUT2D eigenvalue weighted by Crippen LogP contribution is -2.18. The summed E-state index contributed by atoms with van der Waals surface area (Å²) < 4.78 is 12.8. The molecular formula is C10H10FN. The van der Waals surface area contributed by atoms with Crippen LogP contribution in [-0.4, -0.2) is 6.54 Å². The summed E-state index contributed by atoms with van der Waals surface area (Å²) in [6.07, 6.45) is 8.97. The molecule has 0 aromatic rings. The average Bonchev–Trinajstić information content (AvgIpc) is 2.28. The molecule has 0 saturated heterocycles. The first kappa shape index (κ1) is 7.74. The van der Waals surface area contributed by atoms with Gasteiger partial charge in [-0.15, -0.1) is 0 Å². The van der Waals surface area contributed by atoms with Gasteiger partial charge in [0, 0.05) is 18.4 Å². The lowest BCUT2D eigenvalue weighted by atomic mass is 9.88. The molecule has 0 bridgehead atoms. The molecule has 0 aromatic carbocycles. The van der Waals surface area contributed by atoms with E-state index in [1.165, 1.54) is 6.08 Å². The van der Waals surface area contributed by atoms with Crippen LogP contribution in [0, 0.1) is 18.4 Å². The fourth-order valence-corrected chi connectivity index (χ4v) is 1.45. The maximum absolute atomic E-state index is 12.8. The predicted octanol–water partition coefficient (Wildman–Crippen LogP) is 1.84. The van der Waals surface area contributed by atoms with Gasteiger partial charge in [0.05, 0.1) is 6.54 Å². The number of hydrogen-bond donors (Lipinski definition) is 1. The van der Waals surface area contributed by atoms with Gasteiger partial charge in [-0.25, -0.2) is 4.39 Å². The zero-order chi connectivity index (χ0) is 8.39. The van der Waals surface area contributed by atoms with E-state index in [9.17, 15) is 4.39 Å². The van der Waals surface area contributed by atoms with Gasteiger partial charge in [0.15, 0.2) is 0 Å². The molecule has 62 valence electrons. The Balaban J connectivity index is 2.20. The standard InChI is InChI=1S/C10H10FN/c11-10-4-3-9-7-12-5-1-2-8(9)6-10/h1-4,6,8-9,12H,5H2. The van der Waals surface area contributed by atoms with E-state index in [-0.39, 0.29) is 17.7 Å². The first-order chi connectivity index (χ1) is 5.86. The first-order valence-electron chi connectivity index (χ1n) is 4.07. The second-order valence-corrected chi connectivity index (χ2v) is 2.97. The van der Waals surface area contributed by atoms with Crippen LogP contribution >= 0.6 is 0 Å². The number of nitrogens with one attached hydrogen (secondary N) is 1. The number of hydrogen-bond acceptors (Lipinski definition) is 1. The van der Waals surface area contributed by atoms with Crippen molar-refractivity contribution in [2.75, 3.05) is 6.54 Å². The van der Waals surface area contributed by atoms with Crippen molar-refractivity contribution in [3.63, 3.8) is 0 Å². The summed E-state index contributed by atoms with van der Waals surface area (Å²) in [6.45, 7) is 3.88. The fraction of sp³-hybridized carbons (Fsp3) is 0.300. The van der Waals surface area contributed by atoms with Gasteiger partial charge in [-0.3, -0.25) is 0 Å². The minimum absolute atomic E-state index is 0.144. The van der Waals surface area contributed by atoms with E-state index >= 15 is 0 Å². The molecule has 0 fully saturated rings. The smallest absolute Gasteiger partial charge is 0.119 e. The van der Waals surface area contributed by atoms with Crippen LogP contribution in [0.15, 0.2) is 36.2 Å². The Kier molecular flexibility index (Phi) is 2.09. The summed E-state index contributed by atoms with van der Waals surface area (Å²) in [5.74, 6) is 0.179. The van der Waals surface area contributed by atoms with Crippen LogP contribution in [0.1, 0.15) is 0 Å². The van der Waals surface area contributed by atoms with Crippen molar-refractivity contribution in [3.05, 3.63) is 42.8 Å². The molecular weight excluding hydrogens is 153 g/mol. The molecule has 2 atom stereocenters. The molecule has 0 aromatic heterocycles. The van der Waals surface area contributed by atoms with Crippen LogP contribution in [0.5, 0.6) is 0 Å². The van der Waals surface area contributed by atoms with Crippen LogP contribution < -0.4 is 5.32 Å². The highest BCUT2D eigenvalue weighted by molar-refractivity contribution is 5.26. The quantitative estimate of drug-likeness (QED) is 0.537. The molecule has 1 aliphatic heterocycles. The number of fused-ring (bicyclic) bond motifs is 1. The topological polar surface area (TPSA) is 12.0 Å². The molecule has 0 spiro atoms. The number of allylic oxidation sites excluding steroid dienone is 4. The normalized spacial score (nSPS) is 33.9. The lowest BCUT2D eigenvalue weighted by Gasteiger charge is -2.18. The van der Waals surface area contributed by atoms with E-state index in [1.807, 2.05) is 18.2 Å². The Hall–Kier alpha value is -0.890. The summed E-state index contributed by atoms with van der Waals surface area (Å²) in [5.41, 5.74) is 0. The van der Waals surface area contributed by atoms with Crippen LogP contribution in [0.25, 0.3) is 0 Å². The van der Waals surface area contributed by atoms with Crippen molar-refractivity contribution in [2.45, 2.75) is 0 Å². The van der Waals surface area contributed by atoms with Gasteiger partial charge in [-0.1, -0.05) is 18.2 Å². The van der Waals surface area contributed by atoms with Crippen molar-refractivity contribution in [3.8, 4) is 0 Å². The predicted molar refractivity (Wildman–Crippen MR) is 45.7 cm³/mol. The molecule has 2 heteroatoms. The Morgan fingerprint density at radius 3 is 3.33 bits per heavy atom. The minimum Gasteiger partial charge on any atom is -0.304 e. The molecule has 1 aliphatic carbocycles. The summed E-state index contributed by atoms with van der Waals surface area (Å²) >= 11 is 0. The maximum atomic E-state index is 12.8. The van der Waals surface area contributed by atoms with Gasteiger partial charge in [0.2, 0.25) is 0 Å². The Labute approximate surface area is 71.7 Å². The second kappa shape index (κ2) is 3.23. The molecule has 0 amide bonds. The van der Waals surface area contributed by atoms with Crippen LogP contribution in [-0.2, 0) is 0 Å². The minimum atomic E-state index is -0.149. The van der Waals surface area contributed by atoms with E-state index in [0.717, 1.165) is 6.54 Å². The highest BCUT2D eigenvalue weighted by Gasteiger charge is 2.20. The third kappa shape index (κ3) is 1.48. The van der Waals surface area contributed by atoms with Crippen molar-refractivity contribution < 1.29 is 4.39 Å².